The summed E-state index contributed by atoms with van der Waals surface area (Å²) in [5.74, 6) is 2.14. The molecule has 2 nitrogen and oxygen atoms in total. The average molecular weight is 183 g/mol. The second-order valence-corrected chi connectivity index (χ2v) is 4.72. The molecule has 76 valence electrons. The van der Waals surface area contributed by atoms with Crippen LogP contribution in [0.1, 0.15) is 40.0 Å². The van der Waals surface area contributed by atoms with Gasteiger partial charge in [0.1, 0.15) is 0 Å². The number of hydrogen-bond donors (Lipinski definition) is 1. The van der Waals surface area contributed by atoms with Gasteiger partial charge in [-0.1, -0.05) is 27.2 Å². The van der Waals surface area contributed by atoms with Gasteiger partial charge in [0.25, 0.3) is 0 Å². The Balaban J connectivity index is 2.54. The number of carbonyl (C=O) groups excluding carboxylic acids is 1. The fourth-order valence-corrected chi connectivity index (χ4v) is 2.48. The van der Waals surface area contributed by atoms with E-state index < -0.39 is 0 Å². The molecule has 13 heavy (non-hydrogen) atoms. The van der Waals surface area contributed by atoms with E-state index >= 15 is 0 Å². The summed E-state index contributed by atoms with van der Waals surface area (Å²) < 4.78 is 0. The van der Waals surface area contributed by atoms with Gasteiger partial charge in [0.15, 0.2) is 0 Å². The summed E-state index contributed by atoms with van der Waals surface area (Å²) in [6.07, 6.45) is 4.60. The first-order chi connectivity index (χ1) is 6.15. The van der Waals surface area contributed by atoms with Crippen molar-refractivity contribution >= 4 is 6.41 Å². The summed E-state index contributed by atoms with van der Waals surface area (Å²) >= 11 is 0. The first-order valence-electron chi connectivity index (χ1n) is 5.34. The minimum absolute atomic E-state index is 0.418. The molecule has 0 aromatic rings. The Morgan fingerprint density at radius 3 is 2.62 bits per heavy atom. The van der Waals surface area contributed by atoms with E-state index in [0.717, 1.165) is 18.7 Å². The first-order valence-corrected chi connectivity index (χ1v) is 5.34. The van der Waals surface area contributed by atoms with Crippen LogP contribution < -0.4 is 5.32 Å². The van der Waals surface area contributed by atoms with Crippen molar-refractivity contribution in [2.45, 2.75) is 46.1 Å². The van der Waals surface area contributed by atoms with Crippen LogP contribution in [0.3, 0.4) is 0 Å². The maximum absolute atomic E-state index is 10.4. The van der Waals surface area contributed by atoms with Gasteiger partial charge in [-0.3, -0.25) is 4.79 Å². The third kappa shape index (κ3) is 2.71. The monoisotopic (exact) mass is 183 g/mol. The number of hydrogen-bond acceptors (Lipinski definition) is 1. The van der Waals surface area contributed by atoms with Gasteiger partial charge in [-0.05, 0) is 30.6 Å². The highest BCUT2D eigenvalue weighted by atomic mass is 16.1. The third-order valence-corrected chi connectivity index (χ3v) is 3.30. The van der Waals surface area contributed by atoms with Gasteiger partial charge in [-0.25, -0.2) is 0 Å². The highest BCUT2D eigenvalue weighted by molar-refractivity contribution is 5.46. The molecule has 1 saturated carbocycles. The zero-order valence-electron chi connectivity index (χ0n) is 8.92. The predicted molar refractivity (Wildman–Crippen MR) is 54.3 cm³/mol. The molecule has 0 unspecified atom stereocenters. The van der Waals surface area contributed by atoms with Crippen LogP contribution >= 0.6 is 0 Å². The molecule has 1 amide bonds. The van der Waals surface area contributed by atoms with Crippen molar-refractivity contribution in [2.75, 3.05) is 0 Å². The van der Waals surface area contributed by atoms with E-state index in [4.69, 9.17) is 0 Å². The molecule has 0 saturated heterocycles. The van der Waals surface area contributed by atoms with E-state index in [1.54, 1.807) is 0 Å². The fraction of sp³-hybridized carbons (Fsp3) is 0.909. The van der Waals surface area contributed by atoms with E-state index in [1.807, 2.05) is 0 Å². The van der Waals surface area contributed by atoms with Crippen LogP contribution in [0.25, 0.3) is 0 Å². The predicted octanol–water partition coefficient (Wildman–Crippen LogP) is 2.19. The Kier molecular flexibility index (Phi) is 3.76. The molecular formula is C11H21NO. The largest absolute Gasteiger partial charge is 0.356 e. The molecule has 0 aliphatic heterocycles. The third-order valence-electron chi connectivity index (χ3n) is 3.30. The molecular weight excluding hydrogens is 162 g/mol. The highest BCUT2D eigenvalue weighted by Crippen LogP contribution is 2.33. The van der Waals surface area contributed by atoms with Crippen LogP contribution in [-0.2, 0) is 4.79 Å². The topological polar surface area (TPSA) is 29.1 Å². The summed E-state index contributed by atoms with van der Waals surface area (Å²) in [4.78, 5) is 10.4. The van der Waals surface area contributed by atoms with E-state index in [9.17, 15) is 4.79 Å². The van der Waals surface area contributed by atoms with Gasteiger partial charge in [-0.15, -0.1) is 0 Å². The normalized spacial score (nSPS) is 34.6. The molecule has 3 atom stereocenters. The van der Waals surface area contributed by atoms with Gasteiger partial charge in [-0.2, -0.15) is 0 Å². The molecule has 0 aromatic heterocycles. The molecule has 0 aromatic carbocycles. The molecule has 0 bridgehead atoms. The van der Waals surface area contributed by atoms with Crippen LogP contribution in [0, 0.1) is 17.8 Å². The summed E-state index contributed by atoms with van der Waals surface area (Å²) in [7, 11) is 0. The summed E-state index contributed by atoms with van der Waals surface area (Å²) in [6.45, 7) is 6.77. The van der Waals surface area contributed by atoms with Gasteiger partial charge in [0.05, 0.1) is 0 Å². The molecule has 0 spiro atoms. The second kappa shape index (κ2) is 4.64. The van der Waals surface area contributed by atoms with Crippen LogP contribution in [0.5, 0.6) is 0 Å². The fourth-order valence-electron chi connectivity index (χ4n) is 2.48. The molecule has 2 heteroatoms. The summed E-state index contributed by atoms with van der Waals surface area (Å²) in [6, 6.07) is 0.418. The Bertz CT molecular complexity index is 167. The van der Waals surface area contributed by atoms with E-state index in [2.05, 4.69) is 26.1 Å². The highest BCUT2D eigenvalue weighted by Gasteiger charge is 2.29. The minimum atomic E-state index is 0.418. The quantitative estimate of drug-likeness (QED) is 0.668. The average Bonchev–Trinajstić information content (AvgIpc) is 2.04. The van der Waals surface area contributed by atoms with Gasteiger partial charge < -0.3 is 5.32 Å². The van der Waals surface area contributed by atoms with E-state index in [0.29, 0.717) is 17.9 Å². The Hall–Kier alpha value is -0.530. The zero-order chi connectivity index (χ0) is 9.84. The molecule has 1 fully saturated rings. The molecule has 1 aliphatic carbocycles. The molecule has 1 N–H and O–H groups in total. The zero-order valence-corrected chi connectivity index (χ0v) is 8.92. The molecule has 0 radical (unpaired) electrons. The van der Waals surface area contributed by atoms with Crippen LogP contribution in [-0.4, -0.2) is 12.5 Å². The van der Waals surface area contributed by atoms with E-state index in [1.165, 1.54) is 12.8 Å². The maximum atomic E-state index is 10.4. The maximum Gasteiger partial charge on any atom is 0.207 e. The standard InChI is InChI=1S/C11H21NO/c1-8(2)10-5-4-9(3)6-11(10)12-7-13/h7-11H,4-6H2,1-3H3,(H,12,13)/t9-,10+,11+/m1/s1. The Labute approximate surface area is 81.1 Å². The summed E-state index contributed by atoms with van der Waals surface area (Å²) in [5.41, 5.74) is 0. The molecule has 0 heterocycles. The first kappa shape index (κ1) is 10.6. The number of amides is 1. The number of nitrogens with one attached hydrogen (secondary N) is 1. The smallest absolute Gasteiger partial charge is 0.207 e. The second-order valence-electron chi connectivity index (χ2n) is 4.72. The van der Waals surface area contributed by atoms with Crippen molar-refractivity contribution in [1.82, 2.24) is 5.32 Å². The Morgan fingerprint density at radius 1 is 1.38 bits per heavy atom. The van der Waals surface area contributed by atoms with Gasteiger partial charge in [0.2, 0.25) is 6.41 Å². The lowest BCUT2D eigenvalue weighted by atomic mass is 9.74. The minimum Gasteiger partial charge on any atom is -0.356 e. The molecule has 1 rings (SSSR count). The lowest BCUT2D eigenvalue weighted by Crippen LogP contribution is -2.42. The van der Waals surface area contributed by atoms with Crippen molar-refractivity contribution in [1.29, 1.82) is 0 Å². The number of carbonyl (C=O) groups is 1. The number of rotatable bonds is 3. The molecule has 1 aliphatic rings. The van der Waals surface area contributed by atoms with Crippen LogP contribution in [0.15, 0.2) is 0 Å². The summed E-state index contributed by atoms with van der Waals surface area (Å²) in [5, 5.41) is 2.97. The van der Waals surface area contributed by atoms with Crippen molar-refractivity contribution in [3.8, 4) is 0 Å². The van der Waals surface area contributed by atoms with Crippen LogP contribution in [0.2, 0.25) is 0 Å². The van der Waals surface area contributed by atoms with Gasteiger partial charge >= 0.3 is 0 Å². The van der Waals surface area contributed by atoms with Crippen LogP contribution in [0.4, 0.5) is 0 Å². The Morgan fingerprint density at radius 2 is 2.08 bits per heavy atom. The lowest BCUT2D eigenvalue weighted by Gasteiger charge is -2.36. The lowest BCUT2D eigenvalue weighted by molar-refractivity contribution is -0.111. The SMILES string of the molecule is CC(C)[C@@H]1CC[C@@H](C)C[C@@H]1NC=O. The van der Waals surface area contributed by atoms with Crippen molar-refractivity contribution in [2.24, 2.45) is 17.8 Å². The van der Waals surface area contributed by atoms with Crippen molar-refractivity contribution in [3.63, 3.8) is 0 Å². The van der Waals surface area contributed by atoms with Gasteiger partial charge in [0, 0.05) is 6.04 Å². The van der Waals surface area contributed by atoms with Crippen molar-refractivity contribution in [3.05, 3.63) is 0 Å². The van der Waals surface area contributed by atoms with E-state index in [-0.39, 0.29) is 0 Å². The van der Waals surface area contributed by atoms with Crippen molar-refractivity contribution < 1.29 is 4.79 Å².